The molecule has 4 aromatic rings. The van der Waals surface area contributed by atoms with Gasteiger partial charge in [0.1, 0.15) is 0 Å². The molecule has 0 bridgehead atoms. The number of pyridine rings is 2. The first-order valence-electron chi connectivity index (χ1n) is 11.1. The van der Waals surface area contributed by atoms with Gasteiger partial charge >= 0.3 is 0 Å². The topological polar surface area (TPSA) is 72.3 Å². The summed E-state index contributed by atoms with van der Waals surface area (Å²) in [6, 6.07) is 11.0. The third-order valence-corrected chi connectivity index (χ3v) is 4.92. The van der Waals surface area contributed by atoms with Crippen LogP contribution in [-0.4, -0.2) is 42.8 Å². The first-order chi connectivity index (χ1) is 16.8. The van der Waals surface area contributed by atoms with Gasteiger partial charge < -0.3 is 0 Å². The predicted octanol–water partition coefficient (Wildman–Crippen LogP) is 6.12. The van der Waals surface area contributed by atoms with Crippen molar-refractivity contribution in [2.24, 2.45) is 0 Å². The van der Waals surface area contributed by atoms with Crippen LogP contribution in [0.2, 0.25) is 0 Å². The van der Waals surface area contributed by atoms with Crippen LogP contribution in [0.1, 0.15) is 55.2 Å². The van der Waals surface area contributed by atoms with E-state index in [1.54, 1.807) is 29.3 Å². The molecule has 4 aromatic heterocycles. The van der Waals surface area contributed by atoms with Gasteiger partial charge in [0.25, 0.3) is 0 Å². The molecule has 0 saturated carbocycles. The molecule has 0 aliphatic rings. The van der Waals surface area contributed by atoms with Crippen molar-refractivity contribution in [3.05, 3.63) is 96.1 Å². The van der Waals surface area contributed by atoms with Crippen LogP contribution in [0, 0.1) is 0 Å². The van der Waals surface area contributed by atoms with Crippen molar-refractivity contribution in [1.29, 1.82) is 0 Å². The van der Waals surface area contributed by atoms with Crippen LogP contribution in [0.15, 0.2) is 73.6 Å². The molecule has 0 amide bonds. The fraction of sp³-hybridized carbons (Fsp3) is 0.360. The summed E-state index contributed by atoms with van der Waals surface area (Å²) in [6.07, 6.45) is 5.08. The van der Waals surface area contributed by atoms with Gasteiger partial charge in [-0.05, 0) is 60.4 Å². The third-order valence-electron chi connectivity index (χ3n) is 4.92. The molecule has 0 radical (unpaired) electrons. The molecule has 0 aliphatic carbocycles. The number of alkyl halides is 4. The van der Waals surface area contributed by atoms with Crippen LogP contribution < -0.4 is 0 Å². The highest BCUT2D eigenvalue weighted by molar-refractivity contribution is 5.16. The molecule has 1 N–H and O–H groups in total. The molecule has 6 nitrogen and oxygen atoms in total. The summed E-state index contributed by atoms with van der Waals surface area (Å²) in [5.41, 5.74) is 3.29. The van der Waals surface area contributed by atoms with Crippen LogP contribution in [0.5, 0.6) is 0 Å². The van der Waals surface area contributed by atoms with Gasteiger partial charge in [0.15, 0.2) is 0 Å². The lowest BCUT2D eigenvalue weighted by Crippen LogP contribution is -2.08. The summed E-state index contributed by atoms with van der Waals surface area (Å²) in [5, 5.41) is 10.1. The summed E-state index contributed by atoms with van der Waals surface area (Å²) in [4.78, 5) is 7.86. The Balaban J connectivity index is 0.000000203. The van der Waals surface area contributed by atoms with Crippen LogP contribution in [0.4, 0.5) is 17.6 Å². The van der Waals surface area contributed by atoms with Gasteiger partial charge in [-0.15, -0.1) is 0 Å². The highest BCUT2D eigenvalue weighted by atomic mass is 19.3. The number of halogens is 4. The second-order valence-electron chi connectivity index (χ2n) is 7.95. The molecule has 0 fully saturated rings. The molecule has 4 heterocycles. The number of hydrogen-bond acceptors (Lipinski definition) is 4. The number of aromatic nitrogens is 6. The van der Waals surface area contributed by atoms with E-state index >= 15 is 0 Å². The average Bonchev–Trinajstić information content (AvgIpc) is 3.52. The van der Waals surface area contributed by atoms with Crippen LogP contribution in [0.25, 0.3) is 0 Å². The quantitative estimate of drug-likeness (QED) is 0.317. The monoisotopic (exact) mass is 490 g/mol. The van der Waals surface area contributed by atoms with Gasteiger partial charge in [-0.3, -0.25) is 19.7 Å². The largest absolute Gasteiger partial charge is 0.282 e. The molecular weight excluding hydrogens is 460 g/mol. The maximum Gasteiger partial charge on any atom is 0.244 e. The average molecular weight is 491 g/mol. The Labute approximate surface area is 202 Å². The Kier molecular flexibility index (Phi) is 11.6. The summed E-state index contributed by atoms with van der Waals surface area (Å²) in [6.45, 7) is 6.32. The Morgan fingerprint density at radius 2 is 1.31 bits per heavy atom. The molecule has 0 aromatic carbocycles. The first-order valence-corrected chi connectivity index (χ1v) is 11.1. The Hall–Kier alpha value is -3.56. The Morgan fingerprint density at radius 1 is 0.743 bits per heavy atom. The normalized spacial score (nSPS) is 11.6. The van der Waals surface area contributed by atoms with Gasteiger partial charge in [0.2, 0.25) is 12.9 Å². The van der Waals surface area contributed by atoms with E-state index in [1.807, 2.05) is 43.6 Å². The standard InChI is InChI=1S/C12H13F2N3.C8H11N.C5H6F2N2/c1-9(10-2-5-15-6-3-10)17-7-4-11(16-17)8-12(13)14;1-7(2)8-3-5-9-6-4-8;6-5(7)3-4-1-2-8-9-4/h2-7,9,12H,8H2,1H3;3-7H,1-2H3;1-2,5H,3H2,(H,8,9). The SMILES string of the molecule is CC(C)c1ccncc1.CC(c1ccncc1)n1ccc(CC(F)F)n1.FC(F)Cc1ccn[nH]1. The van der Waals surface area contributed by atoms with E-state index in [9.17, 15) is 17.6 Å². The minimum atomic E-state index is -2.35. The first kappa shape index (κ1) is 27.7. The molecule has 4 rings (SSSR count). The van der Waals surface area contributed by atoms with E-state index in [-0.39, 0.29) is 18.9 Å². The molecule has 35 heavy (non-hydrogen) atoms. The van der Waals surface area contributed by atoms with Crippen LogP contribution >= 0.6 is 0 Å². The lowest BCUT2D eigenvalue weighted by Gasteiger charge is -2.11. The van der Waals surface area contributed by atoms with E-state index in [4.69, 9.17) is 0 Å². The minimum absolute atomic E-state index is 0.0180. The predicted molar refractivity (Wildman–Crippen MR) is 127 cm³/mol. The van der Waals surface area contributed by atoms with Crippen LogP contribution in [-0.2, 0) is 12.8 Å². The second kappa shape index (κ2) is 14.6. The number of nitrogens with zero attached hydrogens (tertiary/aromatic N) is 5. The van der Waals surface area contributed by atoms with E-state index in [1.165, 1.54) is 17.8 Å². The zero-order valence-electron chi connectivity index (χ0n) is 19.9. The van der Waals surface area contributed by atoms with Crippen molar-refractivity contribution in [3.63, 3.8) is 0 Å². The van der Waals surface area contributed by atoms with Gasteiger partial charge in [-0.25, -0.2) is 17.6 Å². The summed E-state index contributed by atoms with van der Waals surface area (Å²) in [7, 11) is 0. The highest BCUT2D eigenvalue weighted by Gasteiger charge is 2.11. The van der Waals surface area contributed by atoms with Gasteiger partial charge in [0.05, 0.1) is 24.6 Å². The minimum Gasteiger partial charge on any atom is -0.282 e. The smallest absolute Gasteiger partial charge is 0.244 e. The van der Waals surface area contributed by atoms with Gasteiger partial charge in [-0.2, -0.15) is 10.2 Å². The molecule has 0 spiro atoms. The van der Waals surface area contributed by atoms with Crippen molar-refractivity contribution < 1.29 is 17.6 Å². The van der Waals surface area contributed by atoms with E-state index < -0.39 is 12.9 Å². The number of nitrogens with one attached hydrogen (secondary N) is 1. The molecule has 188 valence electrons. The van der Waals surface area contributed by atoms with Crippen molar-refractivity contribution in [2.75, 3.05) is 0 Å². The zero-order valence-corrected chi connectivity index (χ0v) is 19.9. The maximum atomic E-state index is 12.2. The maximum absolute atomic E-state index is 12.2. The zero-order chi connectivity index (χ0) is 25.6. The van der Waals surface area contributed by atoms with E-state index in [0.717, 1.165) is 5.56 Å². The summed E-state index contributed by atoms with van der Waals surface area (Å²) in [5.74, 6) is 0.619. The fourth-order valence-electron chi connectivity index (χ4n) is 2.97. The third kappa shape index (κ3) is 10.5. The van der Waals surface area contributed by atoms with E-state index in [0.29, 0.717) is 17.3 Å². The molecule has 0 aliphatic heterocycles. The number of rotatable bonds is 7. The Bertz CT molecular complexity index is 1050. The summed E-state index contributed by atoms with van der Waals surface area (Å²) >= 11 is 0. The molecular formula is C25H30F4N6. The lowest BCUT2D eigenvalue weighted by atomic mass is 10.1. The van der Waals surface area contributed by atoms with Crippen LogP contribution in [0.3, 0.4) is 0 Å². The number of aromatic amines is 1. The van der Waals surface area contributed by atoms with Crippen molar-refractivity contribution in [1.82, 2.24) is 29.9 Å². The fourth-order valence-corrected chi connectivity index (χ4v) is 2.97. The van der Waals surface area contributed by atoms with E-state index in [2.05, 4.69) is 39.1 Å². The number of H-pyrrole nitrogens is 1. The Morgan fingerprint density at radius 3 is 1.77 bits per heavy atom. The number of hydrogen-bond donors (Lipinski definition) is 1. The van der Waals surface area contributed by atoms with Crippen molar-refractivity contribution >= 4 is 0 Å². The van der Waals surface area contributed by atoms with Crippen molar-refractivity contribution in [2.45, 2.75) is 58.4 Å². The molecule has 0 saturated heterocycles. The lowest BCUT2D eigenvalue weighted by molar-refractivity contribution is 0.147. The van der Waals surface area contributed by atoms with Crippen molar-refractivity contribution in [3.8, 4) is 0 Å². The second-order valence-corrected chi connectivity index (χ2v) is 7.95. The molecule has 10 heteroatoms. The highest BCUT2D eigenvalue weighted by Crippen LogP contribution is 2.17. The summed E-state index contributed by atoms with van der Waals surface area (Å²) < 4.78 is 49.2. The molecule has 1 atom stereocenters. The van der Waals surface area contributed by atoms with Gasteiger partial charge in [0, 0.05) is 42.9 Å². The molecule has 1 unspecified atom stereocenters. The van der Waals surface area contributed by atoms with Gasteiger partial charge in [-0.1, -0.05) is 13.8 Å².